The Morgan fingerprint density at radius 2 is 1.94 bits per heavy atom. The highest BCUT2D eigenvalue weighted by Crippen LogP contribution is 2.31. The minimum atomic E-state index is -4.18. The van der Waals surface area contributed by atoms with Crippen molar-refractivity contribution in [1.82, 2.24) is 0 Å². The Bertz CT molecular complexity index is 365. The number of rotatable bonds is 6. The Kier molecular flexibility index (Phi) is 6.02. The quantitative estimate of drug-likeness (QED) is 0.854. The van der Waals surface area contributed by atoms with Crippen molar-refractivity contribution in [2.24, 2.45) is 5.92 Å². The highest BCUT2D eigenvalue weighted by Gasteiger charge is 2.28. The van der Waals surface area contributed by atoms with Gasteiger partial charge in [-0.15, -0.1) is 0 Å². The zero-order valence-corrected chi connectivity index (χ0v) is 11.0. The fraction of sp³-hybridized carbons (Fsp3) is 0.538. The van der Waals surface area contributed by atoms with Crippen LogP contribution in [0.2, 0.25) is 0 Å². The van der Waals surface area contributed by atoms with Crippen LogP contribution in [0, 0.1) is 12.8 Å². The van der Waals surface area contributed by atoms with Crippen molar-refractivity contribution in [3.63, 3.8) is 0 Å². The van der Waals surface area contributed by atoms with E-state index in [1.54, 1.807) is 0 Å². The van der Waals surface area contributed by atoms with Crippen LogP contribution in [0.4, 0.5) is 13.2 Å². The van der Waals surface area contributed by atoms with Gasteiger partial charge in [0.05, 0.1) is 0 Å². The second-order valence-electron chi connectivity index (χ2n) is 4.26. The normalized spacial score (nSPS) is 13.6. The molecule has 0 saturated carbocycles. The molecule has 1 N–H and O–H groups in total. The summed E-state index contributed by atoms with van der Waals surface area (Å²) in [6.45, 7) is 1.89. The molecule has 0 spiro atoms. The molecule has 0 aromatic heterocycles. The molecular formula is C13H17F3OS. The molecule has 0 bridgehead atoms. The van der Waals surface area contributed by atoms with Crippen molar-refractivity contribution in [2.75, 3.05) is 12.4 Å². The summed E-state index contributed by atoms with van der Waals surface area (Å²) in [5.74, 6) is -0.110. The van der Waals surface area contributed by atoms with Crippen molar-refractivity contribution >= 4 is 11.8 Å². The molecule has 102 valence electrons. The van der Waals surface area contributed by atoms with Gasteiger partial charge in [0.1, 0.15) is 0 Å². The van der Waals surface area contributed by atoms with E-state index < -0.39 is 5.51 Å². The van der Waals surface area contributed by atoms with Crippen LogP contribution >= 0.6 is 11.8 Å². The van der Waals surface area contributed by atoms with Crippen molar-refractivity contribution in [1.29, 1.82) is 0 Å². The van der Waals surface area contributed by atoms with Crippen LogP contribution in [0.3, 0.4) is 0 Å². The lowest BCUT2D eigenvalue weighted by atomic mass is 9.95. The highest BCUT2D eigenvalue weighted by atomic mass is 32.2. The molecule has 0 saturated heterocycles. The second-order valence-corrected chi connectivity index (χ2v) is 5.42. The molecule has 1 atom stereocenters. The van der Waals surface area contributed by atoms with Crippen LogP contribution in [0.15, 0.2) is 24.3 Å². The van der Waals surface area contributed by atoms with E-state index in [9.17, 15) is 18.3 Å². The summed E-state index contributed by atoms with van der Waals surface area (Å²) < 4.78 is 36.0. The minimum Gasteiger partial charge on any atom is -0.396 e. The topological polar surface area (TPSA) is 20.2 Å². The van der Waals surface area contributed by atoms with Crippen LogP contribution in [0.25, 0.3) is 0 Å². The molecule has 5 heteroatoms. The van der Waals surface area contributed by atoms with E-state index in [-0.39, 0.29) is 30.0 Å². The van der Waals surface area contributed by atoms with Crippen molar-refractivity contribution < 1.29 is 18.3 Å². The van der Waals surface area contributed by atoms with Crippen molar-refractivity contribution in [2.45, 2.75) is 25.3 Å². The van der Waals surface area contributed by atoms with Gasteiger partial charge in [-0.1, -0.05) is 36.0 Å². The molecule has 0 aliphatic carbocycles. The fourth-order valence-corrected chi connectivity index (χ4v) is 2.43. The highest BCUT2D eigenvalue weighted by molar-refractivity contribution is 8.00. The summed E-state index contributed by atoms with van der Waals surface area (Å²) in [5.41, 5.74) is -1.98. The van der Waals surface area contributed by atoms with Crippen LogP contribution in [-0.4, -0.2) is 23.0 Å². The lowest BCUT2D eigenvalue weighted by Crippen LogP contribution is -2.13. The molecule has 18 heavy (non-hydrogen) atoms. The third-order valence-electron chi connectivity index (χ3n) is 2.82. The van der Waals surface area contributed by atoms with Gasteiger partial charge >= 0.3 is 5.51 Å². The number of halogens is 3. The van der Waals surface area contributed by atoms with Gasteiger partial charge in [-0.2, -0.15) is 13.2 Å². The SMILES string of the molecule is Cc1ccccc1CC(CO)CCSC(F)(F)F. The Hall–Kier alpha value is -0.680. The summed E-state index contributed by atoms with van der Waals surface area (Å²) in [7, 11) is 0. The Morgan fingerprint density at radius 3 is 2.50 bits per heavy atom. The molecule has 0 aliphatic heterocycles. The first-order chi connectivity index (χ1) is 8.42. The molecule has 1 aromatic rings. The van der Waals surface area contributed by atoms with E-state index in [1.807, 2.05) is 31.2 Å². The average molecular weight is 278 g/mol. The van der Waals surface area contributed by atoms with Gasteiger partial charge in [0.15, 0.2) is 0 Å². The lowest BCUT2D eigenvalue weighted by molar-refractivity contribution is -0.0328. The first-order valence-electron chi connectivity index (χ1n) is 5.78. The molecule has 0 heterocycles. The minimum absolute atomic E-state index is 0.000603. The predicted molar refractivity (Wildman–Crippen MR) is 68.6 cm³/mol. The Balaban J connectivity index is 2.45. The molecule has 0 radical (unpaired) electrons. The summed E-state index contributed by atoms with van der Waals surface area (Å²) in [6.07, 6.45) is 0.997. The summed E-state index contributed by atoms with van der Waals surface area (Å²) in [5, 5.41) is 9.22. The molecule has 0 aliphatic rings. The first-order valence-corrected chi connectivity index (χ1v) is 6.77. The van der Waals surface area contributed by atoms with E-state index in [2.05, 4.69) is 0 Å². The van der Waals surface area contributed by atoms with Crippen LogP contribution in [0.1, 0.15) is 17.5 Å². The van der Waals surface area contributed by atoms with E-state index in [0.29, 0.717) is 12.8 Å². The maximum atomic E-state index is 12.0. The number of hydrogen-bond donors (Lipinski definition) is 1. The van der Waals surface area contributed by atoms with E-state index in [0.717, 1.165) is 11.1 Å². The van der Waals surface area contributed by atoms with Gasteiger partial charge in [-0.25, -0.2) is 0 Å². The molecule has 1 rings (SSSR count). The molecule has 0 fully saturated rings. The number of alkyl halides is 3. The first kappa shape index (κ1) is 15.4. The standard InChI is InChI=1S/C13H17F3OS/c1-10-4-2-3-5-12(10)8-11(9-17)6-7-18-13(14,15)16/h2-5,11,17H,6-9H2,1H3. The van der Waals surface area contributed by atoms with Gasteiger partial charge in [0, 0.05) is 12.4 Å². The van der Waals surface area contributed by atoms with Crippen LogP contribution < -0.4 is 0 Å². The van der Waals surface area contributed by atoms with Gasteiger partial charge in [-0.05, 0) is 36.8 Å². The van der Waals surface area contributed by atoms with E-state index in [4.69, 9.17) is 0 Å². The average Bonchev–Trinajstić information content (AvgIpc) is 2.29. The number of aliphatic hydroxyl groups excluding tert-OH is 1. The number of aliphatic hydroxyl groups is 1. The maximum Gasteiger partial charge on any atom is 0.441 e. The van der Waals surface area contributed by atoms with E-state index >= 15 is 0 Å². The zero-order chi connectivity index (χ0) is 13.6. The van der Waals surface area contributed by atoms with Crippen molar-refractivity contribution in [3.8, 4) is 0 Å². The molecule has 1 aromatic carbocycles. The molecule has 1 unspecified atom stereocenters. The summed E-state index contributed by atoms with van der Waals surface area (Å²) in [6, 6.07) is 7.75. The Morgan fingerprint density at radius 1 is 1.28 bits per heavy atom. The molecule has 0 amide bonds. The third kappa shape index (κ3) is 5.78. The van der Waals surface area contributed by atoms with Crippen molar-refractivity contribution in [3.05, 3.63) is 35.4 Å². The van der Waals surface area contributed by atoms with Crippen LogP contribution in [0.5, 0.6) is 0 Å². The monoisotopic (exact) mass is 278 g/mol. The van der Waals surface area contributed by atoms with Gasteiger partial charge < -0.3 is 5.11 Å². The predicted octanol–water partition coefficient (Wildman–Crippen LogP) is 3.79. The largest absolute Gasteiger partial charge is 0.441 e. The fourth-order valence-electron chi connectivity index (χ4n) is 1.75. The summed E-state index contributed by atoms with van der Waals surface area (Å²) in [4.78, 5) is 0. The lowest BCUT2D eigenvalue weighted by Gasteiger charge is -2.15. The van der Waals surface area contributed by atoms with E-state index in [1.165, 1.54) is 0 Å². The second kappa shape index (κ2) is 7.04. The van der Waals surface area contributed by atoms with Gasteiger partial charge in [0.25, 0.3) is 0 Å². The third-order valence-corrected chi connectivity index (χ3v) is 3.59. The van der Waals surface area contributed by atoms with Gasteiger partial charge in [0.2, 0.25) is 0 Å². The zero-order valence-electron chi connectivity index (χ0n) is 10.2. The van der Waals surface area contributed by atoms with Crippen LogP contribution in [-0.2, 0) is 6.42 Å². The number of aryl methyl sites for hydroxylation is 1. The molecular weight excluding hydrogens is 261 g/mol. The summed E-state index contributed by atoms with van der Waals surface area (Å²) >= 11 is -0.0191. The number of hydrogen-bond acceptors (Lipinski definition) is 2. The number of benzene rings is 1. The smallest absolute Gasteiger partial charge is 0.396 e. The Labute approximate surface area is 109 Å². The van der Waals surface area contributed by atoms with Gasteiger partial charge in [-0.3, -0.25) is 0 Å². The number of thioether (sulfide) groups is 1. The molecule has 1 nitrogen and oxygen atoms in total. The maximum absolute atomic E-state index is 12.0.